The van der Waals surface area contributed by atoms with Gasteiger partial charge in [0.15, 0.2) is 0 Å². The van der Waals surface area contributed by atoms with E-state index >= 15 is 0 Å². The van der Waals surface area contributed by atoms with Gasteiger partial charge < -0.3 is 11.1 Å². The smallest absolute Gasteiger partial charge is 0.251 e. The Kier molecular flexibility index (Phi) is 6.13. The van der Waals surface area contributed by atoms with Gasteiger partial charge in [0.1, 0.15) is 0 Å². The number of aromatic nitrogens is 1. The predicted octanol–water partition coefficient (Wildman–Crippen LogP) is 1.61. The minimum atomic E-state index is -0.104. The van der Waals surface area contributed by atoms with Crippen molar-refractivity contribution in [3.05, 3.63) is 30.1 Å². The Balaban J connectivity index is 0.00000256. The van der Waals surface area contributed by atoms with E-state index in [9.17, 15) is 4.79 Å². The van der Waals surface area contributed by atoms with Crippen LogP contribution in [0.4, 0.5) is 0 Å². The Labute approximate surface area is 108 Å². The lowest BCUT2D eigenvalue weighted by Gasteiger charge is -2.30. The Morgan fingerprint density at radius 1 is 1.41 bits per heavy atom. The molecule has 1 aromatic rings. The van der Waals surface area contributed by atoms with Gasteiger partial charge in [0, 0.05) is 30.5 Å². The lowest BCUT2D eigenvalue weighted by atomic mass is 9.86. The van der Waals surface area contributed by atoms with Crippen LogP contribution < -0.4 is 11.1 Å². The van der Waals surface area contributed by atoms with E-state index in [1.54, 1.807) is 24.5 Å². The molecule has 0 fully saturated rings. The molecule has 1 rings (SSSR count). The molecule has 0 aliphatic carbocycles. The number of nitrogens with two attached hydrogens (primary N) is 1. The highest BCUT2D eigenvalue weighted by molar-refractivity contribution is 5.94. The predicted molar refractivity (Wildman–Crippen MR) is 71.2 cm³/mol. The lowest BCUT2D eigenvalue weighted by Crippen LogP contribution is -2.48. The third kappa shape index (κ3) is 4.71. The van der Waals surface area contributed by atoms with Crippen LogP contribution in [0.2, 0.25) is 0 Å². The van der Waals surface area contributed by atoms with Crippen molar-refractivity contribution < 1.29 is 4.79 Å². The van der Waals surface area contributed by atoms with E-state index in [2.05, 4.69) is 31.1 Å². The fraction of sp³-hybridized carbons (Fsp3) is 0.500. The largest absolute Gasteiger partial charge is 0.348 e. The SMILES string of the molecule is CC(C)(C)C(CN)NC(=O)c1ccncc1.Cl. The van der Waals surface area contributed by atoms with Crippen molar-refractivity contribution in [2.45, 2.75) is 26.8 Å². The van der Waals surface area contributed by atoms with Gasteiger partial charge in [0.25, 0.3) is 5.91 Å². The number of nitrogens with zero attached hydrogens (tertiary/aromatic N) is 1. The summed E-state index contributed by atoms with van der Waals surface area (Å²) < 4.78 is 0. The van der Waals surface area contributed by atoms with Crippen LogP contribution in [0.25, 0.3) is 0 Å². The number of pyridine rings is 1. The van der Waals surface area contributed by atoms with E-state index in [-0.39, 0.29) is 29.8 Å². The highest BCUT2D eigenvalue weighted by Gasteiger charge is 2.25. The van der Waals surface area contributed by atoms with Crippen molar-refractivity contribution in [3.8, 4) is 0 Å². The molecule has 17 heavy (non-hydrogen) atoms. The molecule has 0 saturated heterocycles. The van der Waals surface area contributed by atoms with E-state index in [1.165, 1.54) is 0 Å². The first-order chi connectivity index (χ1) is 7.45. The molecule has 0 bridgehead atoms. The Morgan fingerprint density at radius 2 is 1.94 bits per heavy atom. The topological polar surface area (TPSA) is 68.0 Å². The van der Waals surface area contributed by atoms with E-state index < -0.39 is 0 Å². The van der Waals surface area contributed by atoms with Crippen molar-refractivity contribution in [2.75, 3.05) is 6.54 Å². The molecule has 0 aromatic carbocycles. The van der Waals surface area contributed by atoms with Crippen LogP contribution >= 0.6 is 12.4 Å². The van der Waals surface area contributed by atoms with Crippen molar-refractivity contribution in [3.63, 3.8) is 0 Å². The van der Waals surface area contributed by atoms with Gasteiger partial charge in [-0.15, -0.1) is 12.4 Å². The number of carbonyl (C=O) groups is 1. The number of nitrogens with one attached hydrogen (secondary N) is 1. The number of halogens is 1. The molecule has 1 unspecified atom stereocenters. The van der Waals surface area contributed by atoms with Crippen molar-refractivity contribution in [1.29, 1.82) is 0 Å². The monoisotopic (exact) mass is 257 g/mol. The summed E-state index contributed by atoms with van der Waals surface area (Å²) in [7, 11) is 0. The molecule has 0 aliphatic rings. The summed E-state index contributed by atoms with van der Waals surface area (Å²) in [5.41, 5.74) is 6.22. The number of hydrogen-bond acceptors (Lipinski definition) is 3. The van der Waals surface area contributed by atoms with Gasteiger partial charge in [-0.1, -0.05) is 20.8 Å². The van der Waals surface area contributed by atoms with Gasteiger partial charge in [-0.25, -0.2) is 0 Å². The maximum atomic E-state index is 11.9. The maximum absolute atomic E-state index is 11.9. The molecule has 0 aliphatic heterocycles. The molecule has 1 amide bonds. The van der Waals surface area contributed by atoms with Gasteiger partial charge in [0.2, 0.25) is 0 Å². The fourth-order valence-corrected chi connectivity index (χ4v) is 1.37. The first-order valence-corrected chi connectivity index (χ1v) is 5.36. The van der Waals surface area contributed by atoms with Crippen LogP contribution in [0.15, 0.2) is 24.5 Å². The third-order valence-corrected chi connectivity index (χ3v) is 2.53. The minimum absolute atomic E-state index is 0. The summed E-state index contributed by atoms with van der Waals surface area (Å²) in [5.74, 6) is -0.104. The fourth-order valence-electron chi connectivity index (χ4n) is 1.37. The van der Waals surface area contributed by atoms with Crippen LogP contribution in [0.3, 0.4) is 0 Å². The molecule has 1 aromatic heterocycles. The first kappa shape index (κ1) is 15.9. The summed E-state index contributed by atoms with van der Waals surface area (Å²) in [5, 5.41) is 2.93. The number of amides is 1. The van der Waals surface area contributed by atoms with Gasteiger partial charge in [-0.05, 0) is 17.5 Å². The number of hydrogen-bond donors (Lipinski definition) is 2. The van der Waals surface area contributed by atoms with Crippen LogP contribution in [-0.4, -0.2) is 23.5 Å². The van der Waals surface area contributed by atoms with Gasteiger partial charge in [0.05, 0.1) is 0 Å². The molecule has 0 spiro atoms. The van der Waals surface area contributed by atoms with E-state index in [0.29, 0.717) is 12.1 Å². The second kappa shape index (κ2) is 6.57. The molecule has 5 heteroatoms. The normalized spacial score (nSPS) is 12.5. The zero-order chi connectivity index (χ0) is 12.2. The van der Waals surface area contributed by atoms with Gasteiger partial charge >= 0.3 is 0 Å². The minimum Gasteiger partial charge on any atom is -0.348 e. The zero-order valence-corrected chi connectivity index (χ0v) is 11.3. The second-order valence-corrected chi connectivity index (χ2v) is 4.86. The van der Waals surface area contributed by atoms with Crippen molar-refractivity contribution in [1.82, 2.24) is 10.3 Å². The highest BCUT2D eigenvalue weighted by Crippen LogP contribution is 2.18. The van der Waals surface area contributed by atoms with E-state index in [1.807, 2.05) is 0 Å². The summed E-state index contributed by atoms with van der Waals surface area (Å²) in [6.45, 7) is 6.59. The van der Waals surface area contributed by atoms with Gasteiger partial charge in [-0.2, -0.15) is 0 Å². The summed E-state index contributed by atoms with van der Waals surface area (Å²) in [4.78, 5) is 15.7. The number of carbonyl (C=O) groups excluding carboxylic acids is 1. The second-order valence-electron chi connectivity index (χ2n) is 4.86. The van der Waals surface area contributed by atoms with Crippen LogP contribution in [0.5, 0.6) is 0 Å². The molecule has 0 radical (unpaired) electrons. The summed E-state index contributed by atoms with van der Waals surface area (Å²) in [6.07, 6.45) is 3.20. The number of rotatable bonds is 3. The average molecular weight is 258 g/mol. The molecule has 1 atom stereocenters. The average Bonchev–Trinajstić information content (AvgIpc) is 2.25. The summed E-state index contributed by atoms with van der Waals surface area (Å²) in [6, 6.07) is 3.34. The van der Waals surface area contributed by atoms with Gasteiger partial charge in [-0.3, -0.25) is 9.78 Å². The quantitative estimate of drug-likeness (QED) is 0.864. The highest BCUT2D eigenvalue weighted by atomic mass is 35.5. The molecular weight excluding hydrogens is 238 g/mol. The standard InChI is InChI=1S/C12H19N3O.ClH/c1-12(2,3)10(8-13)15-11(16)9-4-6-14-7-5-9;/h4-7,10H,8,13H2,1-3H3,(H,15,16);1H. The van der Waals surface area contributed by atoms with Crippen molar-refractivity contribution in [2.24, 2.45) is 11.1 Å². The van der Waals surface area contributed by atoms with E-state index in [0.717, 1.165) is 0 Å². The van der Waals surface area contributed by atoms with Crippen LogP contribution in [0, 0.1) is 5.41 Å². The Bertz CT molecular complexity index is 349. The van der Waals surface area contributed by atoms with Crippen LogP contribution in [-0.2, 0) is 0 Å². The van der Waals surface area contributed by atoms with Crippen LogP contribution in [0.1, 0.15) is 31.1 Å². The molecule has 1 heterocycles. The van der Waals surface area contributed by atoms with E-state index in [4.69, 9.17) is 5.73 Å². The Morgan fingerprint density at radius 3 is 2.35 bits per heavy atom. The van der Waals surface area contributed by atoms with Crippen molar-refractivity contribution >= 4 is 18.3 Å². The Hall–Kier alpha value is -1.13. The molecular formula is C12H20ClN3O. The molecule has 4 nitrogen and oxygen atoms in total. The summed E-state index contributed by atoms with van der Waals surface area (Å²) >= 11 is 0. The third-order valence-electron chi connectivity index (χ3n) is 2.53. The lowest BCUT2D eigenvalue weighted by molar-refractivity contribution is 0.0905. The molecule has 96 valence electrons. The maximum Gasteiger partial charge on any atom is 0.251 e. The first-order valence-electron chi connectivity index (χ1n) is 5.36. The zero-order valence-electron chi connectivity index (χ0n) is 10.4. The molecule has 3 N–H and O–H groups in total. The molecule has 0 saturated carbocycles.